The molecule has 0 saturated carbocycles. The van der Waals surface area contributed by atoms with Crippen molar-refractivity contribution < 1.29 is 4.79 Å². The van der Waals surface area contributed by atoms with Gasteiger partial charge < -0.3 is 0 Å². The highest BCUT2D eigenvalue weighted by atomic mass is 79.9. The van der Waals surface area contributed by atoms with Crippen LogP contribution in [0.2, 0.25) is 0 Å². The van der Waals surface area contributed by atoms with Gasteiger partial charge in [-0.15, -0.1) is 0 Å². The van der Waals surface area contributed by atoms with E-state index in [1.165, 1.54) is 6.08 Å². The fraction of sp³-hybridized carbons (Fsp3) is 0. The average molecular weight is 288 g/mol. The molecule has 2 rings (SSSR count). The van der Waals surface area contributed by atoms with E-state index in [1.54, 1.807) is 24.4 Å². The predicted octanol–water partition coefficient (Wildman–Crippen LogP) is 3.74. The highest BCUT2D eigenvalue weighted by Crippen LogP contribution is 2.12. The Labute approximate surface area is 108 Å². The number of rotatable bonds is 3. The first-order valence-corrected chi connectivity index (χ1v) is 5.94. The zero-order chi connectivity index (χ0) is 12.1. The Hall–Kier alpha value is -1.74. The maximum atomic E-state index is 11.8. The summed E-state index contributed by atoms with van der Waals surface area (Å²) in [7, 11) is 0. The Morgan fingerprint density at radius 1 is 1.18 bits per heavy atom. The molecule has 3 heteroatoms. The summed E-state index contributed by atoms with van der Waals surface area (Å²) in [6.45, 7) is 0. The van der Waals surface area contributed by atoms with Crippen LogP contribution >= 0.6 is 15.9 Å². The molecule has 0 bridgehead atoms. The normalized spacial score (nSPS) is 10.6. The molecular formula is C14H10BrNO. The molecule has 0 aliphatic carbocycles. The van der Waals surface area contributed by atoms with Crippen LogP contribution in [0.15, 0.2) is 59.2 Å². The molecule has 17 heavy (non-hydrogen) atoms. The molecule has 0 amide bonds. The minimum atomic E-state index is -0.0306. The zero-order valence-corrected chi connectivity index (χ0v) is 10.6. The van der Waals surface area contributed by atoms with Gasteiger partial charge in [-0.2, -0.15) is 0 Å². The van der Waals surface area contributed by atoms with Crippen LogP contribution in [0.3, 0.4) is 0 Å². The summed E-state index contributed by atoms with van der Waals surface area (Å²) in [5, 5.41) is 0. The lowest BCUT2D eigenvalue weighted by molar-refractivity contribution is 0.104. The molecule has 2 nitrogen and oxygen atoms in total. The van der Waals surface area contributed by atoms with Crippen LogP contribution in [0.5, 0.6) is 0 Å². The maximum absolute atomic E-state index is 11.8. The van der Waals surface area contributed by atoms with E-state index in [-0.39, 0.29) is 5.78 Å². The summed E-state index contributed by atoms with van der Waals surface area (Å²) in [6, 6.07) is 12.9. The second-order valence-electron chi connectivity index (χ2n) is 3.46. The summed E-state index contributed by atoms with van der Waals surface area (Å²) < 4.78 is 0.898. The lowest BCUT2D eigenvalue weighted by Crippen LogP contribution is -1.93. The lowest BCUT2D eigenvalue weighted by Gasteiger charge is -1.96. The van der Waals surface area contributed by atoms with Gasteiger partial charge in [0.2, 0.25) is 0 Å². The third kappa shape index (κ3) is 3.36. The van der Waals surface area contributed by atoms with E-state index < -0.39 is 0 Å². The first-order valence-electron chi connectivity index (χ1n) is 5.15. The number of halogens is 1. The van der Waals surface area contributed by atoms with Crippen LogP contribution in [0.1, 0.15) is 16.1 Å². The maximum Gasteiger partial charge on any atom is 0.185 e. The van der Waals surface area contributed by atoms with E-state index in [1.807, 2.05) is 30.3 Å². The van der Waals surface area contributed by atoms with Crippen LogP contribution in [-0.4, -0.2) is 10.8 Å². The number of ketones is 1. The Morgan fingerprint density at radius 2 is 2.06 bits per heavy atom. The van der Waals surface area contributed by atoms with Crippen LogP contribution in [-0.2, 0) is 0 Å². The highest BCUT2D eigenvalue weighted by Gasteiger charge is 2.01. The minimum absolute atomic E-state index is 0.0306. The number of nitrogens with zero attached hydrogens (tertiary/aromatic N) is 1. The van der Waals surface area contributed by atoms with Crippen LogP contribution in [0.25, 0.3) is 6.08 Å². The third-order valence-electron chi connectivity index (χ3n) is 2.20. The molecule has 0 N–H and O–H groups in total. The van der Waals surface area contributed by atoms with Crippen molar-refractivity contribution in [2.24, 2.45) is 0 Å². The zero-order valence-electron chi connectivity index (χ0n) is 9.01. The summed E-state index contributed by atoms with van der Waals surface area (Å²) in [5.74, 6) is -0.0306. The average Bonchev–Trinajstić information content (AvgIpc) is 2.37. The van der Waals surface area contributed by atoms with Gasteiger partial charge in [-0.05, 0) is 36.4 Å². The molecule has 1 aromatic heterocycles. The topological polar surface area (TPSA) is 30.0 Å². The van der Waals surface area contributed by atoms with Crippen LogP contribution in [0, 0.1) is 0 Å². The fourth-order valence-electron chi connectivity index (χ4n) is 1.37. The molecule has 84 valence electrons. The monoisotopic (exact) mass is 287 g/mol. The molecular weight excluding hydrogens is 278 g/mol. The predicted molar refractivity (Wildman–Crippen MR) is 71.7 cm³/mol. The van der Waals surface area contributed by atoms with E-state index in [2.05, 4.69) is 20.9 Å². The van der Waals surface area contributed by atoms with E-state index in [9.17, 15) is 4.79 Å². The Morgan fingerprint density at radius 3 is 2.76 bits per heavy atom. The van der Waals surface area contributed by atoms with Crippen molar-refractivity contribution in [3.8, 4) is 0 Å². The van der Waals surface area contributed by atoms with Gasteiger partial charge in [-0.3, -0.25) is 9.78 Å². The van der Waals surface area contributed by atoms with Crippen molar-refractivity contribution in [3.63, 3.8) is 0 Å². The second-order valence-corrected chi connectivity index (χ2v) is 4.38. The number of aromatic nitrogens is 1. The van der Waals surface area contributed by atoms with Crippen molar-refractivity contribution in [2.75, 3.05) is 0 Å². The van der Waals surface area contributed by atoms with Crippen molar-refractivity contribution in [1.82, 2.24) is 4.98 Å². The first kappa shape index (κ1) is 11.7. The molecule has 0 radical (unpaired) electrons. The molecule has 0 atom stereocenters. The molecule has 0 aliphatic rings. The lowest BCUT2D eigenvalue weighted by atomic mass is 10.1. The smallest absolute Gasteiger partial charge is 0.185 e. The number of hydrogen-bond donors (Lipinski definition) is 0. The van der Waals surface area contributed by atoms with Gasteiger partial charge in [0.1, 0.15) is 0 Å². The fourth-order valence-corrected chi connectivity index (χ4v) is 1.77. The molecule has 0 spiro atoms. The van der Waals surface area contributed by atoms with Gasteiger partial charge >= 0.3 is 0 Å². The van der Waals surface area contributed by atoms with E-state index >= 15 is 0 Å². The largest absolute Gasteiger partial charge is 0.289 e. The third-order valence-corrected chi connectivity index (χ3v) is 2.70. The number of benzene rings is 1. The van der Waals surface area contributed by atoms with Crippen molar-refractivity contribution in [2.45, 2.75) is 0 Å². The molecule has 0 fully saturated rings. The Balaban J connectivity index is 2.15. The standard InChI is InChI=1S/C14H10BrNO/c15-12-5-3-4-11(10-12)14(17)8-7-13-6-1-2-9-16-13/h1-10H. The van der Waals surface area contributed by atoms with Crippen LogP contribution in [0.4, 0.5) is 0 Å². The van der Waals surface area contributed by atoms with Gasteiger partial charge in [0.25, 0.3) is 0 Å². The minimum Gasteiger partial charge on any atom is -0.289 e. The van der Waals surface area contributed by atoms with Gasteiger partial charge in [-0.25, -0.2) is 0 Å². The van der Waals surface area contributed by atoms with E-state index in [4.69, 9.17) is 0 Å². The number of hydrogen-bond acceptors (Lipinski definition) is 2. The van der Waals surface area contributed by atoms with Crippen molar-refractivity contribution >= 4 is 27.8 Å². The SMILES string of the molecule is O=C(C=Cc1ccccn1)c1cccc(Br)c1. The van der Waals surface area contributed by atoms with Gasteiger partial charge in [0.05, 0.1) is 5.69 Å². The Kier molecular flexibility index (Phi) is 3.83. The highest BCUT2D eigenvalue weighted by molar-refractivity contribution is 9.10. The summed E-state index contributed by atoms with van der Waals surface area (Å²) >= 11 is 3.34. The number of allylic oxidation sites excluding steroid dienone is 1. The van der Waals surface area contributed by atoms with Crippen LogP contribution < -0.4 is 0 Å². The summed E-state index contributed by atoms with van der Waals surface area (Å²) in [6.07, 6.45) is 4.94. The summed E-state index contributed by atoms with van der Waals surface area (Å²) in [4.78, 5) is 15.9. The molecule has 0 unspecified atom stereocenters. The van der Waals surface area contributed by atoms with Gasteiger partial charge in [0, 0.05) is 16.2 Å². The summed E-state index contributed by atoms with van der Waals surface area (Å²) in [5.41, 5.74) is 1.43. The molecule has 1 heterocycles. The number of pyridine rings is 1. The number of carbonyl (C=O) groups excluding carboxylic acids is 1. The molecule has 0 saturated heterocycles. The first-order chi connectivity index (χ1) is 8.25. The second kappa shape index (κ2) is 5.55. The van der Waals surface area contributed by atoms with Gasteiger partial charge in [0.15, 0.2) is 5.78 Å². The quantitative estimate of drug-likeness (QED) is 0.636. The molecule has 0 aliphatic heterocycles. The Bertz CT molecular complexity index is 549. The van der Waals surface area contributed by atoms with Crippen molar-refractivity contribution in [1.29, 1.82) is 0 Å². The van der Waals surface area contributed by atoms with Gasteiger partial charge in [-0.1, -0.05) is 34.1 Å². The number of carbonyl (C=O) groups is 1. The van der Waals surface area contributed by atoms with Crippen molar-refractivity contribution in [3.05, 3.63) is 70.5 Å². The van der Waals surface area contributed by atoms with E-state index in [0.717, 1.165) is 10.2 Å². The molecule has 2 aromatic rings. The molecule has 1 aromatic carbocycles. The van der Waals surface area contributed by atoms with E-state index in [0.29, 0.717) is 5.56 Å².